The average molecular weight is 350 g/mol. The minimum atomic E-state index is 0.298. The second kappa shape index (κ2) is 6.61. The SMILES string of the molecule is Cc1ccc(Nc2c3nccn3nc(N)c2[C@H]2CC[C@H](N)CC2)cc1C. The van der Waals surface area contributed by atoms with Crippen molar-refractivity contribution in [3.63, 3.8) is 0 Å². The van der Waals surface area contributed by atoms with Crippen LogP contribution < -0.4 is 16.8 Å². The van der Waals surface area contributed by atoms with Crippen LogP contribution in [0, 0.1) is 13.8 Å². The first-order valence-corrected chi connectivity index (χ1v) is 9.25. The van der Waals surface area contributed by atoms with Crippen molar-refractivity contribution in [2.45, 2.75) is 51.5 Å². The van der Waals surface area contributed by atoms with Crippen molar-refractivity contribution >= 4 is 22.8 Å². The number of anilines is 3. The molecule has 1 aliphatic rings. The van der Waals surface area contributed by atoms with E-state index < -0.39 is 0 Å². The van der Waals surface area contributed by atoms with Crippen molar-refractivity contribution in [3.05, 3.63) is 47.3 Å². The van der Waals surface area contributed by atoms with E-state index in [0.29, 0.717) is 17.8 Å². The fourth-order valence-corrected chi connectivity index (χ4v) is 3.88. The molecule has 1 aliphatic carbocycles. The molecule has 0 radical (unpaired) electrons. The Balaban J connectivity index is 1.81. The van der Waals surface area contributed by atoms with Gasteiger partial charge in [-0.05, 0) is 68.7 Å². The lowest BCUT2D eigenvalue weighted by atomic mass is 9.81. The third kappa shape index (κ3) is 3.01. The van der Waals surface area contributed by atoms with Gasteiger partial charge in [-0.25, -0.2) is 9.50 Å². The van der Waals surface area contributed by atoms with Crippen molar-refractivity contribution in [2.24, 2.45) is 5.73 Å². The third-order valence-electron chi connectivity index (χ3n) is 5.56. The number of nitrogens with two attached hydrogens (primary N) is 2. The Hall–Kier alpha value is -2.60. The van der Waals surface area contributed by atoms with Gasteiger partial charge in [0.1, 0.15) is 5.82 Å². The minimum Gasteiger partial charge on any atom is -0.382 e. The number of hydrogen-bond donors (Lipinski definition) is 3. The van der Waals surface area contributed by atoms with Gasteiger partial charge in [0.2, 0.25) is 0 Å². The molecule has 6 heteroatoms. The van der Waals surface area contributed by atoms with Gasteiger partial charge in [-0.15, -0.1) is 5.10 Å². The van der Waals surface area contributed by atoms with Crippen LogP contribution >= 0.6 is 0 Å². The number of aromatic nitrogens is 3. The van der Waals surface area contributed by atoms with Crippen LogP contribution in [0.15, 0.2) is 30.6 Å². The zero-order valence-electron chi connectivity index (χ0n) is 15.4. The van der Waals surface area contributed by atoms with Gasteiger partial charge in [0.15, 0.2) is 5.65 Å². The van der Waals surface area contributed by atoms with Gasteiger partial charge in [-0.2, -0.15) is 0 Å². The highest BCUT2D eigenvalue weighted by Gasteiger charge is 2.27. The van der Waals surface area contributed by atoms with Gasteiger partial charge in [0.05, 0.1) is 5.69 Å². The first kappa shape index (κ1) is 16.8. The maximum absolute atomic E-state index is 6.39. The zero-order chi connectivity index (χ0) is 18.3. The van der Waals surface area contributed by atoms with Crippen LogP contribution in [0.5, 0.6) is 0 Å². The average Bonchev–Trinajstić information content (AvgIpc) is 3.07. The summed E-state index contributed by atoms with van der Waals surface area (Å²) in [6.45, 7) is 4.24. The molecule has 136 valence electrons. The van der Waals surface area contributed by atoms with E-state index in [4.69, 9.17) is 11.5 Å². The highest BCUT2D eigenvalue weighted by atomic mass is 15.3. The third-order valence-corrected chi connectivity index (χ3v) is 5.56. The molecule has 3 aromatic rings. The Morgan fingerprint density at radius 1 is 1.12 bits per heavy atom. The molecule has 6 nitrogen and oxygen atoms in total. The first-order chi connectivity index (χ1) is 12.5. The van der Waals surface area contributed by atoms with Crippen molar-refractivity contribution in [3.8, 4) is 0 Å². The van der Waals surface area contributed by atoms with E-state index in [-0.39, 0.29) is 0 Å². The summed E-state index contributed by atoms with van der Waals surface area (Å²) >= 11 is 0. The molecule has 0 spiro atoms. The smallest absolute Gasteiger partial charge is 0.177 e. The minimum absolute atomic E-state index is 0.298. The van der Waals surface area contributed by atoms with Crippen LogP contribution in [0.25, 0.3) is 5.65 Å². The summed E-state index contributed by atoms with van der Waals surface area (Å²) in [4.78, 5) is 4.52. The number of nitrogens with zero attached hydrogens (tertiary/aromatic N) is 3. The summed E-state index contributed by atoms with van der Waals surface area (Å²) in [5.74, 6) is 0.931. The maximum Gasteiger partial charge on any atom is 0.177 e. The summed E-state index contributed by atoms with van der Waals surface area (Å²) in [7, 11) is 0. The van der Waals surface area contributed by atoms with Crippen molar-refractivity contribution in [2.75, 3.05) is 11.1 Å². The Bertz CT molecular complexity index is 937. The lowest BCUT2D eigenvalue weighted by molar-refractivity contribution is 0.396. The number of nitrogen functional groups attached to an aromatic ring is 1. The molecular weight excluding hydrogens is 324 g/mol. The summed E-state index contributed by atoms with van der Waals surface area (Å²) < 4.78 is 1.75. The lowest BCUT2D eigenvalue weighted by Crippen LogP contribution is -2.26. The van der Waals surface area contributed by atoms with Crippen molar-refractivity contribution in [1.82, 2.24) is 14.6 Å². The Labute approximate surface area is 153 Å². The van der Waals surface area contributed by atoms with Gasteiger partial charge < -0.3 is 16.8 Å². The summed E-state index contributed by atoms with van der Waals surface area (Å²) in [5, 5.41) is 8.11. The molecule has 2 heterocycles. The van der Waals surface area contributed by atoms with E-state index in [1.807, 2.05) is 6.20 Å². The standard InChI is InChI=1S/C20H26N6/c1-12-3-8-16(11-13(12)2)24-18-17(14-4-6-15(21)7-5-14)19(22)25-26-10-9-23-20(18)26/h3,8-11,14-15,24H,4-7,21H2,1-2H3,(H2,22,25)/t14-,15-. The van der Waals surface area contributed by atoms with Gasteiger partial charge in [0.25, 0.3) is 0 Å². The Morgan fingerprint density at radius 3 is 2.62 bits per heavy atom. The number of imidazole rings is 1. The van der Waals surface area contributed by atoms with Crippen LogP contribution in [0.2, 0.25) is 0 Å². The Morgan fingerprint density at radius 2 is 1.88 bits per heavy atom. The summed E-state index contributed by atoms with van der Waals surface area (Å²) in [5.41, 5.74) is 18.9. The van der Waals surface area contributed by atoms with Crippen molar-refractivity contribution < 1.29 is 0 Å². The van der Waals surface area contributed by atoms with Crippen LogP contribution in [-0.2, 0) is 0 Å². The quantitative estimate of drug-likeness (QED) is 0.670. The summed E-state index contributed by atoms with van der Waals surface area (Å²) in [6, 6.07) is 6.68. The molecule has 0 atom stereocenters. The molecule has 2 aromatic heterocycles. The fraction of sp³-hybridized carbons (Fsp3) is 0.400. The molecule has 0 unspecified atom stereocenters. The molecule has 26 heavy (non-hydrogen) atoms. The fourth-order valence-electron chi connectivity index (χ4n) is 3.88. The number of benzene rings is 1. The molecule has 0 amide bonds. The number of aryl methyl sites for hydroxylation is 2. The molecule has 5 N–H and O–H groups in total. The molecule has 0 bridgehead atoms. The normalized spacial score (nSPS) is 20.4. The number of nitrogens with one attached hydrogen (secondary N) is 1. The van der Waals surface area contributed by atoms with Gasteiger partial charge >= 0.3 is 0 Å². The predicted octanol–water partition coefficient (Wildman–Crippen LogP) is 3.66. The molecular formula is C20H26N6. The van der Waals surface area contributed by atoms with Crippen LogP contribution in [-0.4, -0.2) is 20.6 Å². The molecule has 0 saturated heterocycles. The summed E-state index contributed by atoms with van der Waals surface area (Å²) in [6.07, 6.45) is 7.70. The molecule has 1 saturated carbocycles. The zero-order valence-corrected chi connectivity index (χ0v) is 15.4. The molecule has 1 aromatic carbocycles. The van der Waals surface area contributed by atoms with E-state index in [0.717, 1.165) is 48.3 Å². The van der Waals surface area contributed by atoms with Crippen LogP contribution in [0.4, 0.5) is 17.2 Å². The molecule has 4 rings (SSSR count). The monoisotopic (exact) mass is 350 g/mol. The lowest BCUT2D eigenvalue weighted by Gasteiger charge is -2.28. The topological polar surface area (TPSA) is 94.3 Å². The van der Waals surface area contributed by atoms with E-state index >= 15 is 0 Å². The van der Waals surface area contributed by atoms with Crippen LogP contribution in [0.3, 0.4) is 0 Å². The van der Waals surface area contributed by atoms with Gasteiger partial charge in [0, 0.05) is 29.7 Å². The highest BCUT2D eigenvalue weighted by Crippen LogP contribution is 2.41. The first-order valence-electron chi connectivity index (χ1n) is 9.25. The van der Waals surface area contributed by atoms with E-state index in [9.17, 15) is 0 Å². The second-order valence-electron chi connectivity index (χ2n) is 7.41. The van der Waals surface area contributed by atoms with Gasteiger partial charge in [-0.3, -0.25) is 0 Å². The molecule has 0 aliphatic heterocycles. The van der Waals surface area contributed by atoms with Crippen molar-refractivity contribution in [1.29, 1.82) is 0 Å². The number of fused-ring (bicyclic) bond motifs is 1. The largest absolute Gasteiger partial charge is 0.382 e. The van der Waals surface area contributed by atoms with Gasteiger partial charge in [-0.1, -0.05) is 6.07 Å². The number of rotatable bonds is 3. The number of hydrogen-bond acceptors (Lipinski definition) is 5. The Kier molecular flexibility index (Phi) is 4.28. The second-order valence-corrected chi connectivity index (χ2v) is 7.41. The predicted molar refractivity (Wildman–Crippen MR) is 106 cm³/mol. The van der Waals surface area contributed by atoms with E-state index in [1.165, 1.54) is 11.1 Å². The molecule has 1 fully saturated rings. The highest BCUT2D eigenvalue weighted by molar-refractivity contribution is 5.81. The van der Waals surface area contributed by atoms with Crippen LogP contribution in [0.1, 0.15) is 48.3 Å². The van der Waals surface area contributed by atoms with E-state index in [1.54, 1.807) is 10.7 Å². The van der Waals surface area contributed by atoms with E-state index in [2.05, 4.69) is 47.4 Å². The maximum atomic E-state index is 6.39.